The lowest BCUT2D eigenvalue weighted by Crippen LogP contribution is -2.48. The normalized spacial score (nSPS) is 15.7. The van der Waals surface area contributed by atoms with E-state index in [2.05, 4.69) is 27.5 Å². The summed E-state index contributed by atoms with van der Waals surface area (Å²) in [5.74, 6) is -0.694. The highest BCUT2D eigenvalue weighted by atomic mass is 31.2. The van der Waals surface area contributed by atoms with Crippen LogP contribution in [0, 0.1) is 0 Å². The third kappa shape index (κ3) is 9.55. The SMILES string of the molecule is COC(=O)c1ccc2c(c1)NC(=O)/C2=C(\Nc1ccc(N(C)C(=O)CN2CCN(C)CC2)cc1)c1ccccc1.O.O=P(O)(O)O. The van der Waals surface area contributed by atoms with Crippen LogP contribution in [0.4, 0.5) is 17.1 Å². The zero-order valence-corrected chi connectivity index (χ0v) is 26.5. The number of carbonyl (C=O) groups excluding carboxylic acids is 3. The van der Waals surface area contributed by atoms with E-state index in [-0.39, 0.29) is 17.3 Å². The van der Waals surface area contributed by atoms with E-state index in [0.29, 0.717) is 34.6 Å². The van der Waals surface area contributed by atoms with E-state index in [1.54, 1.807) is 30.1 Å². The van der Waals surface area contributed by atoms with Crippen molar-refractivity contribution >= 4 is 53.9 Å². The molecule has 14 nitrogen and oxygen atoms in total. The Morgan fingerprint density at radius 1 is 0.957 bits per heavy atom. The number of likely N-dealkylation sites (N-methyl/N-ethyl adjacent to an activating group) is 2. The number of nitrogens with one attached hydrogen (secondary N) is 2. The lowest BCUT2D eigenvalue weighted by atomic mass is 9.99. The molecule has 0 aliphatic carbocycles. The minimum absolute atomic E-state index is 0. The van der Waals surface area contributed by atoms with Gasteiger partial charge in [0.25, 0.3) is 5.91 Å². The van der Waals surface area contributed by atoms with Crippen LogP contribution in [0.1, 0.15) is 21.5 Å². The number of nitrogens with zero attached hydrogens (tertiary/aromatic N) is 3. The molecule has 246 valence electrons. The van der Waals surface area contributed by atoms with Gasteiger partial charge in [0.15, 0.2) is 0 Å². The number of benzene rings is 3. The highest BCUT2D eigenvalue weighted by molar-refractivity contribution is 7.45. The maximum Gasteiger partial charge on any atom is 0.466 e. The minimum atomic E-state index is -4.64. The lowest BCUT2D eigenvalue weighted by Gasteiger charge is -2.32. The number of phosphoric acid groups is 1. The Labute approximate surface area is 266 Å². The molecule has 0 saturated carbocycles. The molecular formula is C31H38N5O9P. The van der Waals surface area contributed by atoms with Crippen LogP contribution in [0.3, 0.4) is 0 Å². The number of hydrogen-bond acceptors (Lipinski definition) is 8. The van der Waals surface area contributed by atoms with Crippen LogP contribution >= 0.6 is 7.82 Å². The van der Waals surface area contributed by atoms with Gasteiger partial charge in [-0.05, 0) is 49.0 Å². The molecular weight excluding hydrogens is 617 g/mol. The van der Waals surface area contributed by atoms with Crippen LogP contribution in [0.5, 0.6) is 0 Å². The molecule has 0 radical (unpaired) electrons. The van der Waals surface area contributed by atoms with Gasteiger partial charge in [-0.3, -0.25) is 14.5 Å². The van der Waals surface area contributed by atoms with Gasteiger partial charge in [-0.2, -0.15) is 0 Å². The lowest BCUT2D eigenvalue weighted by molar-refractivity contribution is -0.119. The summed E-state index contributed by atoms with van der Waals surface area (Å²) in [6.07, 6.45) is 0. The van der Waals surface area contributed by atoms with Crippen molar-refractivity contribution in [2.24, 2.45) is 0 Å². The molecule has 7 N–H and O–H groups in total. The van der Waals surface area contributed by atoms with Crippen LogP contribution in [0.15, 0.2) is 72.8 Å². The van der Waals surface area contributed by atoms with Crippen LogP contribution in [0.2, 0.25) is 0 Å². The summed E-state index contributed by atoms with van der Waals surface area (Å²) in [4.78, 5) is 65.8. The second kappa shape index (κ2) is 15.7. The molecule has 2 heterocycles. The fraction of sp³-hybridized carbons (Fsp3) is 0.258. The van der Waals surface area contributed by atoms with Crippen molar-refractivity contribution in [3.05, 3.63) is 89.5 Å². The van der Waals surface area contributed by atoms with Gasteiger partial charge in [0, 0.05) is 50.2 Å². The number of anilines is 3. The molecule has 5 rings (SSSR count). The van der Waals surface area contributed by atoms with Crippen molar-refractivity contribution in [1.29, 1.82) is 0 Å². The van der Waals surface area contributed by atoms with Crippen molar-refractivity contribution in [3.63, 3.8) is 0 Å². The number of rotatable bonds is 7. The summed E-state index contributed by atoms with van der Waals surface area (Å²) >= 11 is 0. The number of piperazine rings is 1. The largest absolute Gasteiger partial charge is 0.466 e. The fourth-order valence-corrected chi connectivity index (χ4v) is 4.91. The Morgan fingerprint density at radius 3 is 2.15 bits per heavy atom. The maximum atomic E-state index is 13.2. The first-order valence-electron chi connectivity index (χ1n) is 14.0. The average molecular weight is 656 g/mol. The molecule has 2 aliphatic rings. The van der Waals surface area contributed by atoms with E-state index in [1.807, 2.05) is 54.6 Å². The van der Waals surface area contributed by atoms with Gasteiger partial charge in [-0.15, -0.1) is 0 Å². The predicted octanol–water partition coefficient (Wildman–Crippen LogP) is 1.86. The number of ether oxygens (including phenoxy) is 1. The first-order chi connectivity index (χ1) is 21.3. The van der Waals surface area contributed by atoms with Gasteiger partial charge in [-0.25, -0.2) is 9.36 Å². The van der Waals surface area contributed by atoms with Crippen molar-refractivity contribution in [2.75, 3.05) is 69.5 Å². The highest BCUT2D eigenvalue weighted by Crippen LogP contribution is 2.38. The zero-order chi connectivity index (χ0) is 32.7. The molecule has 15 heteroatoms. The second-order valence-corrected chi connectivity index (χ2v) is 11.6. The Kier molecular flexibility index (Phi) is 12.3. The van der Waals surface area contributed by atoms with Gasteiger partial charge < -0.3 is 45.3 Å². The smallest absolute Gasteiger partial charge is 0.465 e. The Morgan fingerprint density at radius 2 is 1.57 bits per heavy atom. The highest BCUT2D eigenvalue weighted by Gasteiger charge is 2.29. The summed E-state index contributed by atoms with van der Waals surface area (Å²) < 4.78 is 13.7. The molecule has 1 fully saturated rings. The Bertz CT molecular complexity index is 1610. The molecule has 3 aromatic rings. The van der Waals surface area contributed by atoms with Crippen molar-refractivity contribution in [1.82, 2.24) is 9.80 Å². The van der Waals surface area contributed by atoms with E-state index in [9.17, 15) is 14.4 Å². The molecule has 0 atom stereocenters. The number of amides is 2. The quantitative estimate of drug-likeness (QED) is 0.141. The van der Waals surface area contributed by atoms with E-state index in [1.165, 1.54) is 7.11 Å². The molecule has 2 aliphatic heterocycles. The average Bonchev–Trinajstić information content (AvgIpc) is 3.34. The molecule has 0 spiro atoms. The molecule has 0 bridgehead atoms. The summed E-state index contributed by atoms with van der Waals surface area (Å²) in [6, 6.07) is 22.2. The summed E-state index contributed by atoms with van der Waals surface area (Å²) in [5, 5.41) is 6.31. The summed E-state index contributed by atoms with van der Waals surface area (Å²) in [7, 11) is 0.572. The van der Waals surface area contributed by atoms with Gasteiger partial charge >= 0.3 is 13.8 Å². The topological polar surface area (TPSA) is 203 Å². The van der Waals surface area contributed by atoms with E-state index >= 15 is 0 Å². The zero-order valence-electron chi connectivity index (χ0n) is 25.6. The third-order valence-electron chi connectivity index (χ3n) is 7.35. The van der Waals surface area contributed by atoms with Crippen LogP contribution in [0.25, 0.3) is 11.3 Å². The van der Waals surface area contributed by atoms with Crippen LogP contribution < -0.4 is 15.5 Å². The van der Waals surface area contributed by atoms with Gasteiger partial charge in [0.05, 0.1) is 36.2 Å². The van der Waals surface area contributed by atoms with Crippen molar-refractivity contribution in [2.45, 2.75) is 0 Å². The van der Waals surface area contributed by atoms with Gasteiger partial charge in [-0.1, -0.05) is 36.4 Å². The molecule has 2 amide bonds. The van der Waals surface area contributed by atoms with E-state index in [4.69, 9.17) is 24.0 Å². The second-order valence-electron chi connectivity index (χ2n) is 10.5. The summed E-state index contributed by atoms with van der Waals surface area (Å²) in [5.41, 5.74) is 5.10. The van der Waals surface area contributed by atoms with Crippen molar-refractivity contribution < 1.29 is 43.8 Å². The maximum absolute atomic E-state index is 13.2. The summed E-state index contributed by atoms with van der Waals surface area (Å²) in [6.45, 7) is 4.09. The minimum Gasteiger partial charge on any atom is -0.465 e. The van der Waals surface area contributed by atoms with Crippen LogP contribution in [-0.2, 0) is 18.9 Å². The van der Waals surface area contributed by atoms with Crippen molar-refractivity contribution in [3.8, 4) is 0 Å². The third-order valence-corrected chi connectivity index (χ3v) is 7.35. The Hall–Kier alpha value is -4.40. The number of hydrogen-bond donors (Lipinski definition) is 5. The van der Waals surface area contributed by atoms with E-state index < -0.39 is 13.8 Å². The number of fused-ring (bicyclic) bond motifs is 1. The Balaban J connectivity index is 0.000000892. The molecule has 0 aromatic heterocycles. The molecule has 46 heavy (non-hydrogen) atoms. The monoisotopic (exact) mass is 655 g/mol. The number of methoxy groups -OCH3 is 1. The first kappa shape index (κ1) is 36.1. The number of esters is 1. The predicted molar refractivity (Wildman–Crippen MR) is 175 cm³/mol. The van der Waals surface area contributed by atoms with E-state index in [0.717, 1.165) is 43.1 Å². The number of carbonyl (C=O) groups is 3. The van der Waals surface area contributed by atoms with Gasteiger partial charge in [0.1, 0.15) is 0 Å². The molecule has 3 aromatic carbocycles. The van der Waals surface area contributed by atoms with Gasteiger partial charge in [0.2, 0.25) is 5.91 Å². The fourth-order valence-electron chi connectivity index (χ4n) is 4.91. The molecule has 1 saturated heterocycles. The van der Waals surface area contributed by atoms with Crippen LogP contribution in [-0.4, -0.2) is 102 Å². The standard InChI is InChI=1S/C31H33N5O4.H3O4P.H2O/c1-34-15-17-36(18-16-34)20-27(37)35(2)24-12-10-23(11-13-24)32-29(21-7-5-4-6-8-21)28-25-14-9-22(31(39)40-3)19-26(25)33-30(28)38;1-5(2,3)4;/h4-14,19,32H,15-18,20H2,1-3H3,(H,33,38);(H3,1,2,3,4);1H2/b29-28-;;. The first-order valence-corrected chi connectivity index (χ1v) is 15.6. The molecule has 0 unspecified atom stereocenters.